The molecule has 0 bridgehead atoms. The third-order valence-corrected chi connectivity index (χ3v) is 3.37. The fourth-order valence-corrected chi connectivity index (χ4v) is 2.23. The van der Waals surface area contributed by atoms with E-state index >= 15 is 0 Å². The molecule has 0 amide bonds. The van der Waals surface area contributed by atoms with Crippen LogP contribution in [0.15, 0.2) is 41.5 Å². The van der Waals surface area contributed by atoms with Crippen LogP contribution >= 0.6 is 0 Å². The zero-order valence-electron chi connectivity index (χ0n) is 13.3. The lowest BCUT2D eigenvalue weighted by atomic mass is 10.1. The molecule has 0 aliphatic rings. The third kappa shape index (κ3) is 4.70. The number of hydrogen-bond acceptors (Lipinski definition) is 3. The molecule has 0 radical (unpaired) electrons. The summed E-state index contributed by atoms with van der Waals surface area (Å²) in [6, 6.07) is 10.2. The van der Waals surface area contributed by atoms with Crippen molar-refractivity contribution in [1.29, 1.82) is 0 Å². The van der Waals surface area contributed by atoms with E-state index in [9.17, 15) is 0 Å². The maximum atomic E-state index is 5.32. The number of benzene rings is 1. The number of aromatic nitrogens is 1. The Labute approximate surface area is 131 Å². The van der Waals surface area contributed by atoms with Crippen LogP contribution in [0.4, 0.5) is 0 Å². The summed E-state index contributed by atoms with van der Waals surface area (Å²) in [5.74, 6) is 0.803. The number of aliphatic imine (C=N–C) groups is 1. The first-order valence-corrected chi connectivity index (χ1v) is 7.70. The number of pyridine rings is 1. The highest BCUT2D eigenvalue weighted by molar-refractivity contribution is 5.83. The van der Waals surface area contributed by atoms with Crippen molar-refractivity contribution in [1.82, 2.24) is 15.6 Å². The van der Waals surface area contributed by atoms with Crippen LogP contribution in [-0.4, -0.2) is 37.7 Å². The van der Waals surface area contributed by atoms with Crippen LogP contribution in [0.25, 0.3) is 10.9 Å². The first-order valence-electron chi connectivity index (χ1n) is 7.70. The molecule has 0 atom stereocenters. The van der Waals surface area contributed by atoms with Gasteiger partial charge in [-0.05, 0) is 31.0 Å². The monoisotopic (exact) mass is 300 g/mol. The summed E-state index contributed by atoms with van der Waals surface area (Å²) < 4.78 is 5.32. The Bertz CT molecular complexity index is 607. The molecule has 0 fully saturated rings. The van der Waals surface area contributed by atoms with Crippen molar-refractivity contribution in [2.45, 2.75) is 19.9 Å². The Morgan fingerprint density at radius 2 is 2.09 bits per heavy atom. The van der Waals surface area contributed by atoms with Gasteiger partial charge >= 0.3 is 0 Å². The van der Waals surface area contributed by atoms with Crippen molar-refractivity contribution >= 4 is 16.9 Å². The van der Waals surface area contributed by atoms with Crippen molar-refractivity contribution in [2.24, 2.45) is 4.99 Å². The third-order valence-electron chi connectivity index (χ3n) is 3.37. The molecule has 0 aliphatic carbocycles. The summed E-state index contributed by atoms with van der Waals surface area (Å²) in [7, 11) is 1.78. The van der Waals surface area contributed by atoms with Gasteiger partial charge in [-0.3, -0.25) is 9.98 Å². The molecule has 22 heavy (non-hydrogen) atoms. The summed E-state index contributed by atoms with van der Waals surface area (Å²) >= 11 is 0. The number of nitrogens with one attached hydrogen (secondary N) is 2. The highest BCUT2D eigenvalue weighted by atomic mass is 16.5. The van der Waals surface area contributed by atoms with Gasteiger partial charge in [-0.25, -0.2) is 0 Å². The van der Waals surface area contributed by atoms with Crippen LogP contribution in [0.2, 0.25) is 0 Å². The molecule has 0 unspecified atom stereocenters. The van der Waals surface area contributed by atoms with E-state index in [1.165, 1.54) is 10.9 Å². The van der Waals surface area contributed by atoms with Gasteiger partial charge in [0.05, 0.1) is 5.52 Å². The van der Waals surface area contributed by atoms with E-state index in [0.29, 0.717) is 6.54 Å². The highest BCUT2D eigenvalue weighted by Crippen LogP contribution is 2.15. The van der Waals surface area contributed by atoms with Gasteiger partial charge in [0.25, 0.3) is 0 Å². The minimum Gasteiger partial charge on any atom is -0.382 e. The molecule has 2 N–H and O–H groups in total. The molecular weight excluding hydrogens is 276 g/mol. The molecule has 2 rings (SSSR count). The Balaban J connectivity index is 1.87. The van der Waals surface area contributed by atoms with Crippen LogP contribution in [0.1, 0.15) is 18.9 Å². The maximum absolute atomic E-state index is 5.32. The molecule has 5 nitrogen and oxygen atoms in total. The molecule has 1 aromatic heterocycles. The van der Waals surface area contributed by atoms with Crippen molar-refractivity contribution in [2.75, 3.05) is 26.8 Å². The van der Waals surface area contributed by atoms with Gasteiger partial charge in [0.15, 0.2) is 5.96 Å². The quantitative estimate of drug-likeness (QED) is 0.468. The molecule has 2 aromatic rings. The summed E-state index contributed by atoms with van der Waals surface area (Å²) in [5.41, 5.74) is 2.23. The smallest absolute Gasteiger partial charge is 0.191 e. The Morgan fingerprint density at radius 3 is 2.91 bits per heavy atom. The molecule has 1 heterocycles. The molecule has 118 valence electrons. The topological polar surface area (TPSA) is 58.5 Å². The Kier molecular flexibility index (Phi) is 6.64. The second-order valence-electron chi connectivity index (χ2n) is 4.89. The lowest BCUT2D eigenvalue weighted by Gasteiger charge is -2.13. The van der Waals surface area contributed by atoms with Gasteiger partial charge in [0, 0.05) is 44.9 Å². The van der Waals surface area contributed by atoms with Crippen LogP contribution in [0, 0.1) is 0 Å². The second kappa shape index (κ2) is 9.00. The van der Waals surface area contributed by atoms with Crippen LogP contribution in [-0.2, 0) is 11.3 Å². The number of guanidine groups is 1. The number of hydrogen-bond donors (Lipinski definition) is 2. The average molecular weight is 300 g/mol. The zero-order chi connectivity index (χ0) is 15.6. The lowest BCUT2D eigenvalue weighted by Crippen LogP contribution is -2.37. The van der Waals surface area contributed by atoms with E-state index in [4.69, 9.17) is 4.74 Å². The largest absolute Gasteiger partial charge is 0.382 e. The zero-order valence-corrected chi connectivity index (χ0v) is 13.3. The Morgan fingerprint density at radius 1 is 1.23 bits per heavy atom. The highest BCUT2D eigenvalue weighted by Gasteiger charge is 2.02. The molecule has 0 aliphatic heterocycles. The summed E-state index contributed by atoms with van der Waals surface area (Å²) in [5, 5.41) is 7.80. The van der Waals surface area contributed by atoms with Crippen LogP contribution in [0.3, 0.4) is 0 Å². The van der Waals surface area contributed by atoms with E-state index in [1.54, 1.807) is 7.05 Å². The first kappa shape index (κ1) is 16.2. The first-order chi connectivity index (χ1) is 10.8. The second-order valence-corrected chi connectivity index (χ2v) is 4.89. The van der Waals surface area contributed by atoms with E-state index in [2.05, 4.69) is 26.7 Å². The van der Waals surface area contributed by atoms with Crippen molar-refractivity contribution in [3.8, 4) is 0 Å². The molecule has 0 saturated carbocycles. The van der Waals surface area contributed by atoms with Gasteiger partial charge < -0.3 is 15.4 Å². The fourth-order valence-electron chi connectivity index (χ4n) is 2.23. The SMILES string of the molecule is CCOCCCNC(=NC)NCc1ccnc2ccccc12. The fraction of sp³-hybridized carbons (Fsp3) is 0.412. The normalized spacial score (nSPS) is 11.6. The molecular formula is C17H24N4O. The Hall–Kier alpha value is -2.14. The van der Waals surface area contributed by atoms with Crippen LogP contribution < -0.4 is 10.6 Å². The van der Waals surface area contributed by atoms with Gasteiger partial charge in [-0.1, -0.05) is 18.2 Å². The van der Waals surface area contributed by atoms with Crippen molar-refractivity contribution < 1.29 is 4.74 Å². The van der Waals surface area contributed by atoms with E-state index < -0.39 is 0 Å². The number of fused-ring (bicyclic) bond motifs is 1. The van der Waals surface area contributed by atoms with Gasteiger partial charge in [-0.2, -0.15) is 0 Å². The van der Waals surface area contributed by atoms with Gasteiger partial charge in [-0.15, -0.1) is 0 Å². The van der Waals surface area contributed by atoms with Crippen molar-refractivity contribution in [3.05, 3.63) is 42.1 Å². The molecule has 1 aromatic carbocycles. The van der Waals surface area contributed by atoms with Crippen molar-refractivity contribution in [3.63, 3.8) is 0 Å². The number of nitrogens with zero attached hydrogens (tertiary/aromatic N) is 2. The van der Waals surface area contributed by atoms with Crippen LogP contribution in [0.5, 0.6) is 0 Å². The minimum absolute atomic E-state index is 0.716. The maximum Gasteiger partial charge on any atom is 0.191 e. The van der Waals surface area contributed by atoms with E-state index in [-0.39, 0.29) is 0 Å². The van der Waals surface area contributed by atoms with Gasteiger partial charge in [0.1, 0.15) is 0 Å². The van der Waals surface area contributed by atoms with E-state index in [1.807, 2.05) is 37.4 Å². The van der Waals surface area contributed by atoms with Gasteiger partial charge in [0.2, 0.25) is 0 Å². The number of rotatable bonds is 7. The minimum atomic E-state index is 0.716. The predicted molar refractivity (Wildman–Crippen MR) is 91.1 cm³/mol. The summed E-state index contributed by atoms with van der Waals surface area (Å²) in [4.78, 5) is 8.62. The number of para-hydroxylation sites is 1. The average Bonchev–Trinajstić information content (AvgIpc) is 2.57. The molecule has 5 heteroatoms. The molecule has 0 saturated heterocycles. The predicted octanol–water partition coefficient (Wildman–Crippen LogP) is 2.33. The lowest BCUT2D eigenvalue weighted by molar-refractivity contribution is 0.145. The molecule has 0 spiro atoms. The van der Waals surface area contributed by atoms with E-state index in [0.717, 1.165) is 37.7 Å². The summed E-state index contributed by atoms with van der Waals surface area (Å²) in [6.45, 7) is 5.11. The standard InChI is InChI=1S/C17H24N4O/c1-3-22-12-6-10-20-17(18-2)21-13-14-9-11-19-16-8-5-4-7-15(14)16/h4-5,7-9,11H,3,6,10,12-13H2,1-2H3,(H2,18,20,21). The summed E-state index contributed by atoms with van der Waals surface area (Å²) in [6.07, 6.45) is 2.81. The number of ether oxygens (including phenoxy) is 1.